The van der Waals surface area contributed by atoms with Crippen molar-refractivity contribution in [3.8, 4) is 17.0 Å². The van der Waals surface area contributed by atoms with Crippen molar-refractivity contribution in [2.75, 3.05) is 53.2 Å². The molecule has 2 aromatic heterocycles. The van der Waals surface area contributed by atoms with Crippen molar-refractivity contribution in [1.82, 2.24) is 19.3 Å². The molecule has 1 fully saturated rings. The maximum absolute atomic E-state index is 14.8. The van der Waals surface area contributed by atoms with E-state index >= 15 is 0 Å². The fourth-order valence-corrected chi connectivity index (χ4v) is 5.50. The summed E-state index contributed by atoms with van der Waals surface area (Å²) in [7, 11) is 7.72. The van der Waals surface area contributed by atoms with E-state index in [9.17, 15) is 13.6 Å². The van der Waals surface area contributed by atoms with E-state index in [2.05, 4.69) is 29.4 Å². The highest BCUT2D eigenvalue weighted by Crippen LogP contribution is 2.32. The number of aromatic nitrogens is 3. The molecule has 1 N–H and O–H groups in total. The summed E-state index contributed by atoms with van der Waals surface area (Å²) >= 11 is 0. The lowest BCUT2D eigenvalue weighted by atomic mass is 9.92. The fraction of sp³-hybridized carbons (Fsp3) is 0.387. The smallest absolute Gasteiger partial charge is 0.253 e. The summed E-state index contributed by atoms with van der Waals surface area (Å²) < 4.78 is 36.8. The van der Waals surface area contributed by atoms with Crippen LogP contribution in [0.5, 0.6) is 5.75 Å². The summed E-state index contributed by atoms with van der Waals surface area (Å²) in [6, 6.07) is 8.40. The molecule has 1 aliphatic heterocycles. The molecule has 0 radical (unpaired) electrons. The molecular weight excluding hydrogens is 526 g/mol. The number of halogens is 2. The largest absolute Gasteiger partial charge is 0.494 e. The molecular formula is C31H37F2N6O2+. The van der Waals surface area contributed by atoms with E-state index in [0.717, 1.165) is 28.7 Å². The van der Waals surface area contributed by atoms with E-state index in [1.807, 2.05) is 37.1 Å². The molecule has 0 aliphatic carbocycles. The summed E-state index contributed by atoms with van der Waals surface area (Å²) in [5.41, 5.74) is 3.11. The van der Waals surface area contributed by atoms with Gasteiger partial charge >= 0.3 is 0 Å². The SMILES string of the molecule is COc1ccc(-c2cnc3c(Nc4ccc(C(=O)N(C)CCC5CC[N+](C)(C)CC5)c(C)c4)nccn23)c(F)c1F. The predicted molar refractivity (Wildman–Crippen MR) is 155 cm³/mol. The molecule has 5 rings (SSSR count). The van der Waals surface area contributed by atoms with Crippen molar-refractivity contribution in [2.24, 2.45) is 5.92 Å². The van der Waals surface area contributed by atoms with Gasteiger partial charge in [-0.3, -0.25) is 9.20 Å². The van der Waals surface area contributed by atoms with Crippen LogP contribution in [0.2, 0.25) is 0 Å². The molecule has 0 bridgehead atoms. The molecule has 0 saturated carbocycles. The number of fused-ring (bicyclic) bond motifs is 1. The first-order valence-corrected chi connectivity index (χ1v) is 13.9. The number of likely N-dealkylation sites (tertiary alicyclic amines) is 1. The number of nitrogens with zero attached hydrogens (tertiary/aromatic N) is 5. The van der Waals surface area contributed by atoms with Crippen LogP contribution in [0.3, 0.4) is 0 Å². The summed E-state index contributed by atoms with van der Waals surface area (Å²) in [5.74, 6) is -1.12. The minimum Gasteiger partial charge on any atom is -0.494 e. The molecule has 1 amide bonds. The van der Waals surface area contributed by atoms with Gasteiger partial charge in [-0.15, -0.1) is 0 Å². The van der Waals surface area contributed by atoms with Crippen LogP contribution in [-0.4, -0.2) is 77.5 Å². The van der Waals surface area contributed by atoms with Crippen molar-refractivity contribution in [1.29, 1.82) is 0 Å². The van der Waals surface area contributed by atoms with Crippen molar-refractivity contribution in [3.63, 3.8) is 0 Å². The number of anilines is 2. The van der Waals surface area contributed by atoms with E-state index in [0.29, 0.717) is 28.6 Å². The fourth-order valence-electron chi connectivity index (χ4n) is 5.50. The van der Waals surface area contributed by atoms with Crippen LogP contribution in [-0.2, 0) is 0 Å². The maximum Gasteiger partial charge on any atom is 0.253 e. The number of carbonyl (C=O) groups is 1. The van der Waals surface area contributed by atoms with E-state index in [1.54, 1.807) is 16.8 Å². The van der Waals surface area contributed by atoms with Gasteiger partial charge < -0.3 is 19.4 Å². The molecule has 10 heteroatoms. The van der Waals surface area contributed by atoms with Gasteiger partial charge in [0.15, 0.2) is 23.0 Å². The molecule has 8 nitrogen and oxygen atoms in total. The highest BCUT2D eigenvalue weighted by atomic mass is 19.2. The van der Waals surface area contributed by atoms with E-state index in [4.69, 9.17) is 4.74 Å². The number of benzene rings is 2. The Hall–Kier alpha value is -4.05. The van der Waals surface area contributed by atoms with E-state index < -0.39 is 11.6 Å². The second-order valence-electron chi connectivity index (χ2n) is 11.6. The number of piperidine rings is 1. The minimum atomic E-state index is -1.06. The number of hydrogen-bond donors (Lipinski definition) is 1. The van der Waals surface area contributed by atoms with Crippen molar-refractivity contribution >= 4 is 23.1 Å². The summed E-state index contributed by atoms with van der Waals surface area (Å²) in [6.45, 7) is 5.03. The molecule has 4 aromatic rings. The number of methoxy groups -OCH3 is 1. The van der Waals surface area contributed by atoms with Gasteiger partial charge in [0.25, 0.3) is 5.91 Å². The Morgan fingerprint density at radius 2 is 1.90 bits per heavy atom. The zero-order chi connectivity index (χ0) is 29.3. The monoisotopic (exact) mass is 563 g/mol. The van der Waals surface area contributed by atoms with Crippen LogP contribution >= 0.6 is 0 Å². The highest BCUT2D eigenvalue weighted by molar-refractivity contribution is 5.96. The molecule has 1 aliphatic rings. The molecule has 0 spiro atoms. The number of aryl methyl sites for hydroxylation is 1. The third-order valence-electron chi connectivity index (χ3n) is 8.20. The van der Waals surface area contributed by atoms with Gasteiger partial charge in [-0.2, -0.15) is 4.39 Å². The highest BCUT2D eigenvalue weighted by Gasteiger charge is 2.26. The lowest BCUT2D eigenvalue weighted by Crippen LogP contribution is -2.46. The predicted octanol–water partition coefficient (Wildman–Crippen LogP) is 5.68. The standard InChI is InChI=1S/C31H36F2N6O2/c1-20-18-22(6-7-23(20)31(40)37(2)14-10-21-11-16-39(3,4)17-12-21)36-29-30-35-19-25(38(30)15-13-34-29)24-8-9-26(41-5)28(33)27(24)32/h6-9,13,15,18-19,21H,10-12,14,16-17H2,1-5H3/p+1. The van der Waals surface area contributed by atoms with Crippen LogP contribution in [0.25, 0.3) is 16.9 Å². The van der Waals surface area contributed by atoms with Gasteiger partial charge in [0.05, 0.1) is 46.2 Å². The number of hydrogen-bond acceptors (Lipinski definition) is 5. The second-order valence-corrected chi connectivity index (χ2v) is 11.6. The number of amides is 1. The third kappa shape index (κ3) is 5.88. The van der Waals surface area contributed by atoms with Crippen LogP contribution in [0.1, 0.15) is 35.2 Å². The number of rotatable bonds is 8. The average Bonchev–Trinajstić information content (AvgIpc) is 3.38. The van der Waals surface area contributed by atoms with Crippen LogP contribution in [0.4, 0.5) is 20.3 Å². The van der Waals surface area contributed by atoms with Gasteiger partial charge in [-0.1, -0.05) is 0 Å². The number of nitrogens with one attached hydrogen (secondary N) is 1. The Balaban J connectivity index is 1.29. The molecule has 41 heavy (non-hydrogen) atoms. The topological polar surface area (TPSA) is 71.8 Å². The van der Waals surface area contributed by atoms with Crippen LogP contribution < -0.4 is 10.1 Å². The molecule has 3 heterocycles. The lowest BCUT2D eigenvalue weighted by molar-refractivity contribution is -0.896. The second kappa shape index (κ2) is 11.4. The Labute approximate surface area is 239 Å². The van der Waals surface area contributed by atoms with Crippen molar-refractivity contribution < 1.29 is 22.8 Å². The van der Waals surface area contributed by atoms with Gasteiger partial charge in [-0.25, -0.2) is 14.4 Å². The average molecular weight is 564 g/mol. The van der Waals surface area contributed by atoms with Crippen LogP contribution in [0, 0.1) is 24.5 Å². The van der Waals surface area contributed by atoms with Gasteiger partial charge in [0, 0.05) is 42.8 Å². The number of ether oxygens (including phenoxy) is 1. The van der Waals surface area contributed by atoms with Crippen molar-refractivity contribution in [3.05, 3.63) is 71.7 Å². The van der Waals surface area contributed by atoms with Gasteiger partial charge in [-0.05, 0) is 68.0 Å². The minimum absolute atomic E-state index is 0.00726. The number of quaternary nitrogens is 1. The first-order chi connectivity index (χ1) is 19.6. The van der Waals surface area contributed by atoms with E-state index in [-0.39, 0.29) is 17.2 Å². The van der Waals surface area contributed by atoms with Gasteiger partial charge in [0.2, 0.25) is 5.82 Å². The summed E-state index contributed by atoms with van der Waals surface area (Å²) in [4.78, 5) is 23.9. The van der Waals surface area contributed by atoms with E-state index in [1.165, 1.54) is 51.4 Å². The first kappa shape index (κ1) is 28.5. The van der Waals surface area contributed by atoms with Crippen LogP contribution in [0.15, 0.2) is 48.9 Å². The Morgan fingerprint density at radius 3 is 2.61 bits per heavy atom. The molecule has 1 saturated heterocycles. The summed E-state index contributed by atoms with van der Waals surface area (Å²) in [5, 5.41) is 3.26. The number of carbonyl (C=O) groups excluding carboxylic acids is 1. The third-order valence-corrected chi connectivity index (χ3v) is 8.20. The zero-order valence-corrected chi connectivity index (χ0v) is 24.2. The number of imidazole rings is 1. The molecule has 0 atom stereocenters. The molecule has 2 aromatic carbocycles. The Bertz CT molecular complexity index is 1570. The molecule has 0 unspecified atom stereocenters. The Morgan fingerprint density at radius 1 is 1.15 bits per heavy atom. The quantitative estimate of drug-likeness (QED) is 0.279. The Kier molecular flexibility index (Phi) is 7.95. The molecule has 216 valence electrons. The van der Waals surface area contributed by atoms with Gasteiger partial charge in [0.1, 0.15) is 0 Å². The first-order valence-electron chi connectivity index (χ1n) is 13.9. The maximum atomic E-state index is 14.8. The van der Waals surface area contributed by atoms with Crippen molar-refractivity contribution in [2.45, 2.75) is 26.2 Å². The normalized spacial score (nSPS) is 15.2. The zero-order valence-electron chi connectivity index (χ0n) is 24.2. The lowest BCUT2D eigenvalue weighted by Gasteiger charge is -2.37. The summed E-state index contributed by atoms with van der Waals surface area (Å²) in [6.07, 6.45) is 8.11.